The maximum atomic E-state index is 13.3. The van der Waals surface area contributed by atoms with Crippen molar-refractivity contribution in [2.75, 3.05) is 102 Å². The van der Waals surface area contributed by atoms with Gasteiger partial charge in [-0.05, 0) is 181 Å². The number of carboxylic acids is 1. The molecule has 0 unspecified atom stereocenters. The van der Waals surface area contributed by atoms with E-state index in [0.717, 1.165) is 78.6 Å². The lowest BCUT2D eigenvalue weighted by Gasteiger charge is -2.36. The Morgan fingerprint density at radius 2 is 0.952 bits per heavy atom. The van der Waals surface area contributed by atoms with E-state index < -0.39 is 23.3 Å². The lowest BCUT2D eigenvalue weighted by Crippen LogP contribution is -2.50. The third-order valence-corrected chi connectivity index (χ3v) is 13.8. The Morgan fingerprint density at radius 1 is 0.494 bits per heavy atom. The number of nitrogen functional groups attached to an aromatic ring is 1. The van der Waals surface area contributed by atoms with Crippen LogP contribution in [0.5, 0.6) is 0 Å². The SMILES string of the molecule is CC(C)(C)OC(=O)Nc1ccc(-c2ccoc2)cc1NC(=O)c1ccc(N2CCN(C(=O)OC(C)(C)C)CC2)cc1.Nc1ccc(-c2ccoc2)cc1NC(=O)c1ccc(N2CCNCC2)cc1.O=C(O)c1ccc(N2CCCCC2)cc1. The minimum Gasteiger partial charge on any atom is -0.478 e. The van der Waals surface area contributed by atoms with Crippen LogP contribution in [0, 0.1) is 0 Å². The Morgan fingerprint density at radius 3 is 1.43 bits per heavy atom. The fourth-order valence-corrected chi connectivity index (χ4v) is 9.45. The predicted octanol–water partition coefficient (Wildman–Crippen LogP) is 12.2. The largest absolute Gasteiger partial charge is 0.478 e. The molecule has 4 amide bonds. The summed E-state index contributed by atoms with van der Waals surface area (Å²) in [7, 11) is 0. The first kappa shape index (κ1) is 59.9. The van der Waals surface area contributed by atoms with Crippen molar-refractivity contribution in [3.05, 3.63) is 163 Å². The molecule has 0 spiro atoms. The predicted molar refractivity (Wildman–Crippen MR) is 326 cm³/mol. The first-order valence-corrected chi connectivity index (χ1v) is 27.9. The smallest absolute Gasteiger partial charge is 0.412 e. The van der Waals surface area contributed by atoms with E-state index >= 15 is 0 Å². The molecule has 0 aliphatic carbocycles. The maximum Gasteiger partial charge on any atom is 0.412 e. The van der Waals surface area contributed by atoms with Gasteiger partial charge in [-0.25, -0.2) is 14.4 Å². The molecule has 83 heavy (non-hydrogen) atoms. The van der Waals surface area contributed by atoms with E-state index in [1.807, 2.05) is 99.6 Å². The number of nitrogens with zero attached hydrogens (tertiary/aromatic N) is 4. The van der Waals surface area contributed by atoms with Gasteiger partial charge >= 0.3 is 18.2 Å². The van der Waals surface area contributed by atoms with Gasteiger partial charge in [0.1, 0.15) is 11.2 Å². The van der Waals surface area contributed by atoms with Gasteiger partial charge in [0, 0.05) is 105 Å². The van der Waals surface area contributed by atoms with Gasteiger partial charge in [0.2, 0.25) is 0 Å². The molecule has 19 nitrogen and oxygen atoms in total. The first-order chi connectivity index (χ1) is 39.7. The van der Waals surface area contributed by atoms with Gasteiger partial charge in [-0.3, -0.25) is 14.9 Å². The molecule has 7 N–H and O–H groups in total. The van der Waals surface area contributed by atoms with Crippen molar-refractivity contribution in [2.45, 2.75) is 72.0 Å². The van der Waals surface area contributed by atoms with Gasteiger partial charge in [-0.2, -0.15) is 0 Å². The van der Waals surface area contributed by atoms with E-state index in [0.29, 0.717) is 65.6 Å². The summed E-state index contributed by atoms with van der Waals surface area (Å²) in [5.41, 5.74) is 14.9. The Kier molecular flexibility index (Phi) is 19.8. The number of furan rings is 2. The van der Waals surface area contributed by atoms with Crippen molar-refractivity contribution in [3.63, 3.8) is 0 Å². The number of aromatic carboxylic acids is 1. The van der Waals surface area contributed by atoms with Crippen molar-refractivity contribution in [3.8, 4) is 22.3 Å². The van der Waals surface area contributed by atoms with Crippen molar-refractivity contribution < 1.29 is 47.4 Å². The van der Waals surface area contributed by atoms with E-state index in [1.165, 1.54) is 19.3 Å². The zero-order valence-corrected chi connectivity index (χ0v) is 48.0. The van der Waals surface area contributed by atoms with Crippen LogP contribution in [0.4, 0.5) is 49.4 Å². The minimum absolute atomic E-state index is 0.182. The molecule has 5 heterocycles. The van der Waals surface area contributed by atoms with E-state index in [1.54, 1.807) is 93.2 Å². The van der Waals surface area contributed by atoms with Crippen molar-refractivity contribution >= 4 is 69.8 Å². The zero-order valence-electron chi connectivity index (χ0n) is 48.0. The quantitative estimate of drug-likeness (QED) is 0.0661. The number of hydrogen-bond acceptors (Lipinski definition) is 14. The van der Waals surface area contributed by atoms with E-state index in [9.17, 15) is 24.0 Å². The number of carbonyl (C=O) groups excluding carboxylic acids is 4. The van der Waals surface area contributed by atoms with Crippen LogP contribution in [-0.2, 0) is 9.47 Å². The van der Waals surface area contributed by atoms with Crippen LogP contribution in [0.3, 0.4) is 0 Å². The summed E-state index contributed by atoms with van der Waals surface area (Å²) in [6, 6.07) is 36.6. The van der Waals surface area contributed by atoms with Crippen LogP contribution < -0.4 is 41.7 Å². The van der Waals surface area contributed by atoms with Gasteiger partial charge in [0.25, 0.3) is 11.8 Å². The van der Waals surface area contributed by atoms with Gasteiger partial charge in [0.05, 0.1) is 53.4 Å². The van der Waals surface area contributed by atoms with E-state index in [2.05, 4.69) is 36.0 Å². The number of amides is 4. The third kappa shape index (κ3) is 17.4. The standard InChI is InChI=1S/C31H38N4O6.C21H22N4O2.C12H15NO2/c1-30(2,3)40-28(37)33-25-12-9-22(23-13-18-39-20-23)19-26(25)32-27(36)21-7-10-24(11-8-21)34-14-16-35(17-15-34)29(38)41-31(4,5)6;22-19-6-3-16(17-7-12-27-14-17)13-20(19)24-21(26)15-1-4-18(5-2-15)25-10-8-23-9-11-25;14-12(15)10-4-6-11(7-5-10)13-8-2-1-3-9-13/h7-13,18-20H,14-17H2,1-6H3,(H,32,36)(H,33,37);1-7,12-14,23H,8-11,22H2,(H,24,26);4-7H,1-3,8-9H2,(H,14,15). The lowest BCUT2D eigenvalue weighted by atomic mass is 10.1. The second-order valence-corrected chi connectivity index (χ2v) is 22.3. The van der Waals surface area contributed by atoms with Crippen LogP contribution in [0.2, 0.25) is 0 Å². The molecule has 10 rings (SSSR count). The number of hydrogen-bond donors (Lipinski definition) is 6. The highest BCUT2D eigenvalue weighted by Gasteiger charge is 2.27. The summed E-state index contributed by atoms with van der Waals surface area (Å²) in [4.78, 5) is 69.9. The summed E-state index contributed by atoms with van der Waals surface area (Å²) in [5.74, 6) is -1.37. The van der Waals surface area contributed by atoms with Crippen LogP contribution >= 0.6 is 0 Å². The van der Waals surface area contributed by atoms with Gasteiger partial charge in [-0.1, -0.05) is 12.1 Å². The number of nitrogens with one attached hydrogen (secondary N) is 4. The summed E-state index contributed by atoms with van der Waals surface area (Å²) < 4.78 is 21.2. The first-order valence-electron chi connectivity index (χ1n) is 27.9. The number of benzene rings is 5. The molecule has 19 heteroatoms. The second kappa shape index (κ2) is 27.5. The van der Waals surface area contributed by atoms with E-state index in [4.69, 9.17) is 29.1 Å². The molecule has 3 aliphatic heterocycles. The number of carboxylic acid groups (broad SMARTS) is 1. The molecule has 0 bridgehead atoms. The van der Waals surface area contributed by atoms with Gasteiger partial charge in [0.15, 0.2) is 0 Å². The number of carbonyl (C=O) groups is 5. The topological polar surface area (TPSA) is 237 Å². The Hall–Kier alpha value is -9.23. The summed E-state index contributed by atoms with van der Waals surface area (Å²) in [6.07, 6.45) is 9.30. The molecule has 3 fully saturated rings. The fourth-order valence-electron chi connectivity index (χ4n) is 9.45. The highest BCUT2D eigenvalue weighted by molar-refractivity contribution is 6.08. The number of anilines is 7. The van der Waals surface area contributed by atoms with Gasteiger partial charge < -0.3 is 64.7 Å². The highest BCUT2D eigenvalue weighted by Crippen LogP contribution is 2.32. The van der Waals surface area contributed by atoms with Crippen molar-refractivity contribution in [1.82, 2.24) is 10.2 Å². The zero-order chi connectivity index (χ0) is 59.1. The fraction of sp³-hybridized carbons (Fsp3) is 0.328. The number of rotatable bonds is 11. The average molecular weight is 1130 g/mol. The molecule has 436 valence electrons. The monoisotopic (exact) mass is 1130 g/mol. The molecular formula is C64H75N9O10. The molecule has 2 aromatic heterocycles. The van der Waals surface area contributed by atoms with Crippen LogP contribution in [-0.4, -0.2) is 117 Å². The molecule has 7 aromatic rings. The van der Waals surface area contributed by atoms with Crippen molar-refractivity contribution in [2.24, 2.45) is 0 Å². The molecule has 0 radical (unpaired) electrons. The van der Waals surface area contributed by atoms with Crippen LogP contribution in [0.25, 0.3) is 22.3 Å². The summed E-state index contributed by atoms with van der Waals surface area (Å²) in [6.45, 7) is 19.4. The molecule has 0 atom stereocenters. The average Bonchev–Trinajstić information content (AvgIpc) is 4.35. The molecule has 5 aromatic carbocycles. The number of piperidine rings is 1. The van der Waals surface area contributed by atoms with Crippen LogP contribution in [0.15, 0.2) is 155 Å². The van der Waals surface area contributed by atoms with Crippen LogP contribution in [0.1, 0.15) is 91.9 Å². The third-order valence-electron chi connectivity index (χ3n) is 13.8. The molecule has 3 saturated heterocycles. The molecular weight excluding hydrogens is 1050 g/mol. The molecule has 0 saturated carbocycles. The molecule has 3 aliphatic rings. The number of nitrogens with two attached hydrogens (primary N) is 1. The van der Waals surface area contributed by atoms with E-state index in [-0.39, 0.29) is 17.9 Å². The normalized spacial score (nSPS) is 14.4. The lowest BCUT2D eigenvalue weighted by molar-refractivity contribution is 0.0240. The van der Waals surface area contributed by atoms with Gasteiger partial charge in [-0.15, -0.1) is 0 Å². The summed E-state index contributed by atoms with van der Waals surface area (Å²) in [5, 5.41) is 20.7. The number of piperazine rings is 2. The number of ether oxygens (including phenoxy) is 2. The summed E-state index contributed by atoms with van der Waals surface area (Å²) >= 11 is 0. The minimum atomic E-state index is -0.861. The Balaban J connectivity index is 0.000000182. The maximum absolute atomic E-state index is 13.3. The second-order valence-electron chi connectivity index (χ2n) is 22.3. The van der Waals surface area contributed by atoms with Crippen molar-refractivity contribution in [1.29, 1.82) is 0 Å². The Bertz CT molecular complexity index is 3260. The Labute approximate surface area is 484 Å². The highest BCUT2D eigenvalue weighted by atomic mass is 16.6.